The van der Waals surface area contributed by atoms with Crippen LogP contribution in [-0.4, -0.2) is 32.4 Å². The minimum Gasteiger partial charge on any atom is -0.369 e. The van der Waals surface area contributed by atoms with Crippen LogP contribution in [0.5, 0.6) is 0 Å². The van der Waals surface area contributed by atoms with Gasteiger partial charge >= 0.3 is 0 Å². The van der Waals surface area contributed by atoms with Crippen molar-refractivity contribution in [2.75, 3.05) is 31.2 Å². The molecule has 1 heterocycles. The molecule has 0 unspecified atom stereocenters. The average molecular weight is 243 g/mol. The maximum Gasteiger partial charge on any atom is 0.0910 e. The van der Waals surface area contributed by atoms with Crippen molar-refractivity contribution in [3.05, 3.63) is 29.3 Å². The SMILES string of the molecule is FCC[C@H]1CN(c2cccc(Cl)c2)CCN1. The normalized spacial score (nSPS) is 21.1. The Morgan fingerprint density at radius 2 is 2.38 bits per heavy atom. The summed E-state index contributed by atoms with van der Waals surface area (Å²) in [6.07, 6.45) is 0.580. The Balaban J connectivity index is 2.03. The average Bonchev–Trinajstić information content (AvgIpc) is 2.30. The first kappa shape index (κ1) is 11.7. The molecular formula is C12H16ClFN2. The molecular weight excluding hydrogens is 227 g/mol. The highest BCUT2D eigenvalue weighted by molar-refractivity contribution is 6.30. The summed E-state index contributed by atoms with van der Waals surface area (Å²) in [5.41, 5.74) is 1.12. The Kier molecular flexibility index (Phi) is 4.02. The minimum atomic E-state index is -0.263. The highest BCUT2D eigenvalue weighted by atomic mass is 35.5. The number of anilines is 1. The maximum atomic E-state index is 12.3. The van der Waals surface area contributed by atoms with E-state index in [4.69, 9.17) is 11.6 Å². The molecule has 0 aliphatic carbocycles. The van der Waals surface area contributed by atoms with Crippen molar-refractivity contribution in [1.82, 2.24) is 5.32 Å². The van der Waals surface area contributed by atoms with E-state index >= 15 is 0 Å². The lowest BCUT2D eigenvalue weighted by molar-refractivity contribution is 0.374. The van der Waals surface area contributed by atoms with Crippen LogP contribution in [0.2, 0.25) is 5.02 Å². The third-order valence-corrected chi connectivity index (χ3v) is 3.12. The number of hydrogen-bond acceptors (Lipinski definition) is 2. The molecule has 1 aliphatic rings. The molecule has 1 N–H and O–H groups in total. The van der Waals surface area contributed by atoms with Crippen LogP contribution in [0.4, 0.5) is 10.1 Å². The molecule has 0 aromatic heterocycles. The van der Waals surface area contributed by atoms with Crippen LogP contribution in [0, 0.1) is 0 Å². The summed E-state index contributed by atoms with van der Waals surface area (Å²) in [6, 6.07) is 8.07. The van der Waals surface area contributed by atoms with Crippen LogP contribution >= 0.6 is 11.6 Å². The number of hydrogen-bond donors (Lipinski definition) is 1. The molecule has 0 amide bonds. The zero-order chi connectivity index (χ0) is 11.4. The van der Waals surface area contributed by atoms with Gasteiger partial charge in [0.2, 0.25) is 0 Å². The zero-order valence-corrected chi connectivity index (χ0v) is 9.88. The number of piperazine rings is 1. The van der Waals surface area contributed by atoms with Gasteiger partial charge in [-0.05, 0) is 24.6 Å². The van der Waals surface area contributed by atoms with E-state index in [2.05, 4.69) is 10.2 Å². The quantitative estimate of drug-likeness (QED) is 0.876. The highest BCUT2D eigenvalue weighted by Crippen LogP contribution is 2.20. The molecule has 1 atom stereocenters. The summed E-state index contributed by atoms with van der Waals surface area (Å²) >= 11 is 5.96. The van der Waals surface area contributed by atoms with E-state index in [1.54, 1.807) is 0 Å². The van der Waals surface area contributed by atoms with Crippen molar-refractivity contribution in [3.8, 4) is 0 Å². The van der Waals surface area contributed by atoms with Crippen LogP contribution in [0.25, 0.3) is 0 Å². The fourth-order valence-corrected chi connectivity index (χ4v) is 2.24. The lowest BCUT2D eigenvalue weighted by atomic mass is 10.1. The Hall–Kier alpha value is -0.800. The van der Waals surface area contributed by atoms with E-state index in [-0.39, 0.29) is 12.7 Å². The molecule has 2 rings (SSSR count). The molecule has 0 saturated carbocycles. The Morgan fingerprint density at radius 3 is 3.12 bits per heavy atom. The highest BCUT2D eigenvalue weighted by Gasteiger charge is 2.19. The molecule has 1 fully saturated rings. The minimum absolute atomic E-state index is 0.248. The van der Waals surface area contributed by atoms with E-state index < -0.39 is 0 Å². The van der Waals surface area contributed by atoms with Crippen LogP contribution in [-0.2, 0) is 0 Å². The van der Waals surface area contributed by atoms with Gasteiger partial charge in [0, 0.05) is 36.4 Å². The van der Waals surface area contributed by atoms with E-state index in [9.17, 15) is 4.39 Å². The Morgan fingerprint density at radius 1 is 1.50 bits per heavy atom. The van der Waals surface area contributed by atoms with Crippen LogP contribution < -0.4 is 10.2 Å². The predicted octanol–water partition coefficient (Wildman–Crippen LogP) is 2.48. The number of benzene rings is 1. The smallest absolute Gasteiger partial charge is 0.0910 e. The van der Waals surface area contributed by atoms with Crippen molar-refractivity contribution >= 4 is 17.3 Å². The fraction of sp³-hybridized carbons (Fsp3) is 0.500. The predicted molar refractivity (Wildman–Crippen MR) is 66.0 cm³/mol. The van der Waals surface area contributed by atoms with Gasteiger partial charge in [0.1, 0.15) is 0 Å². The molecule has 1 saturated heterocycles. The lowest BCUT2D eigenvalue weighted by Crippen LogP contribution is -2.50. The summed E-state index contributed by atoms with van der Waals surface area (Å²) in [6.45, 7) is 2.44. The number of rotatable bonds is 3. The fourth-order valence-electron chi connectivity index (χ4n) is 2.06. The second-order valence-electron chi connectivity index (χ2n) is 4.05. The van der Waals surface area contributed by atoms with Gasteiger partial charge in [0.25, 0.3) is 0 Å². The Bertz CT molecular complexity index is 344. The third-order valence-electron chi connectivity index (χ3n) is 2.89. The van der Waals surface area contributed by atoms with E-state index in [0.717, 1.165) is 30.3 Å². The second kappa shape index (κ2) is 5.51. The number of nitrogens with zero attached hydrogens (tertiary/aromatic N) is 1. The first-order valence-electron chi connectivity index (χ1n) is 5.59. The molecule has 0 spiro atoms. The topological polar surface area (TPSA) is 15.3 Å². The summed E-state index contributed by atoms with van der Waals surface area (Å²) < 4.78 is 12.3. The molecule has 1 aliphatic heterocycles. The van der Waals surface area contributed by atoms with E-state index in [0.29, 0.717) is 6.42 Å². The summed E-state index contributed by atoms with van der Waals surface area (Å²) in [7, 11) is 0. The molecule has 4 heteroatoms. The van der Waals surface area contributed by atoms with Gasteiger partial charge in [-0.1, -0.05) is 17.7 Å². The van der Waals surface area contributed by atoms with Crippen LogP contribution in [0.15, 0.2) is 24.3 Å². The number of alkyl halides is 1. The Labute approximate surface area is 100 Å². The molecule has 0 radical (unpaired) electrons. The van der Waals surface area contributed by atoms with Crippen molar-refractivity contribution in [2.24, 2.45) is 0 Å². The molecule has 0 bridgehead atoms. The molecule has 2 nitrogen and oxygen atoms in total. The van der Waals surface area contributed by atoms with Gasteiger partial charge < -0.3 is 10.2 Å². The van der Waals surface area contributed by atoms with Crippen molar-refractivity contribution < 1.29 is 4.39 Å². The molecule has 16 heavy (non-hydrogen) atoms. The van der Waals surface area contributed by atoms with E-state index in [1.807, 2.05) is 24.3 Å². The number of nitrogens with one attached hydrogen (secondary N) is 1. The zero-order valence-electron chi connectivity index (χ0n) is 9.13. The first-order chi connectivity index (χ1) is 7.79. The van der Waals surface area contributed by atoms with Crippen LogP contribution in [0.3, 0.4) is 0 Å². The van der Waals surface area contributed by atoms with Gasteiger partial charge in [-0.25, -0.2) is 0 Å². The first-order valence-corrected chi connectivity index (χ1v) is 5.97. The van der Waals surface area contributed by atoms with Crippen molar-refractivity contribution in [2.45, 2.75) is 12.5 Å². The van der Waals surface area contributed by atoms with Gasteiger partial charge in [-0.15, -0.1) is 0 Å². The summed E-state index contributed by atoms with van der Waals surface area (Å²) in [5.74, 6) is 0. The standard InChI is InChI=1S/C12H16ClFN2/c13-10-2-1-3-12(8-10)16-7-6-15-11(9-16)4-5-14/h1-3,8,11,15H,4-7,9H2/t11-/m0/s1. The van der Waals surface area contributed by atoms with Crippen molar-refractivity contribution in [1.29, 1.82) is 0 Å². The van der Waals surface area contributed by atoms with E-state index in [1.165, 1.54) is 0 Å². The largest absolute Gasteiger partial charge is 0.369 e. The molecule has 1 aromatic rings. The van der Waals surface area contributed by atoms with Crippen LogP contribution in [0.1, 0.15) is 6.42 Å². The summed E-state index contributed by atoms with van der Waals surface area (Å²) in [5, 5.41) is 4.07. The lowest BCUT2D eigenvalue weighted by Gasteiger charge is -2.35. The maximum absolute atomic E-state index is 12.3. The summed E-state index contributed by atoms with van der Waals surface area (Å²) in [4.78, 5) is 2.25. The van der Waals surface area contributed by atoms with Crippen molar-refractivity contribution in [3.63, 3.8) is 0 Å². The van der Waals surface area contributed by atoms with Gasteiger partial charge in [-0.2, -0.15) is 0 Å². The van der Waals surface area contributed by atoms with Gasteiger partial charge in [0.05, 0.1) is 6.67 Å². The number of halogens is 2. The monoisotopic (exact) mass is 242 g/mol. The molecule has 1 aromatic carbocycles. The molecule has 88 valence electrons. The second-order valence-corrected chi connectivity index (χ2v) is 4.49. The third kappa shape index (κ3) is 2.86. The van der Waals surface area contributed by atoms with Gasteiger partial charge in [0.15, 0.2) is 0 Å². The van der Waals surface area contributed by atoms with Gasteiger partial charge in [-0.3, -0.25) is 4.39 Å².